The Hall–Kier alpha value is -1.46. The number of hydrogen-bond donors (Lipinski definition) is 1. The molecule has 0 aromatic carbocycles. The molecule has 4 nitrogen and oxygen atoms in total. The predicted molar refractivity (Wildman–Crippen MR) is 82.4 cm³/mol. The Kier molecular flexibility index (Phi) is 5.95. The van der Waals surface area contributed by atoms with E-state index in [1.807, 2.05) is 24.0 Å². The SMILES string of the molecule is CCCNC(Cc1ccc(OC)nc1)Cc1cncs1. The molecule has 0 bridgehead atoms. The van der Waals surface area contributed by atoms with Crippen molar-refractivity contribution in [2.45, 2.75) is 32.2 Å². The molecule has 0 saturated carbocycles. The van der Waals surface area contributed by atoms with E-state index in [2.05, 4.69) is 28.3 Å². The Morgan fingerprint density at radius 3 is 2.80 bits per heavy atom. The van der Waals surface area contributed by atoms with E-state index >= 15 is 0 Å². The average Bonchev–Trinajstić information content (AvgIpc) is 2.98. The molecule has 1 unspecified atom stereocenters. The van der Waals surface area contributed by atoms with Gasteiger partial charge in [0.15, 0.2) is 0 Å². The first-order valence-electron chi connectivity index (χ1n) is 6.91. The summed E-state index contributed by atoms with van der Waals surface area (Å²) in [5.41, 5.74) is 3.12. The minimum Gasteiger partial charge on any atom is -0.481 e. The Morgan fingerprint density at radius 2 is 2.20 bits per heavy atom. The van der Waals surface area contributed by atoms with Crippen LogP contribution < -0.4 is 10.1 Å². The van der Waals surface area contributed by atoms with E-state index in [0.717, 1.165) is 25.8 Å². The molecule has 0 radical (unpaired) electrons. The van der Waals surface area contributed by atoms with Gasteiger partial charge in [0, 0.05) is 29.4 Å². The number of thiazole rings is 1. The number of aromatic nitrogens is 2. The highest BCUT2D eigenvalue weighted by Gasteiger charge is 2.11. The molecule has 0 saturated heterocycles. The first-order chi connectivity index (χ1) is 9.81. The van der Waals surface area contributed by atoms with Gasteiger partial charge in [0.05, 0.1) is 12.6 Å². The summed E-state index contributed by atoms with van der Waals surface area (Å²) in [6.07, 6.45) is 6.97. The highest BCUT2D eigenvalue weighted by molar-refractivity contribution is 7.09. The van der Waals surface area contributed by atoms with Gasteiger partial charge in [-0.3, -0.25) is 4.98 Å². The van der Waals surface area contributed by atoms with Gasteiger partial charge in [0.2, 0.25) is 5.88 Å². The maximum atomic E-state index is 5.09. The third-order valence-electron chi connectivity index (χ3n) is 3.10. The van der Waals surface area contributed by atoms with Crippen LogP contribution in [-0.4, -0.2) is 29.7 Å². The third kappa shape index (κ3) is 4.58. The molecule has 20 heavy (non-hydrogen) atoms. The van der Waals surface area contributed by atoms with E-state index in [1.165, 1.54) is 10.4 Å². The van der Waals surface area contributed by atoms with E-state index in [0.29, 0.717) is 11.9 Å². The van der Waals surface area contributed by atoms with Gasteiger partial charge in [-0.15, -0.1) is 11.3 Å². The van der Waals surface area contributed by atoms with Gasteiger partial charge >= 0.3 is 0 Å². The molecule has 1 atom stereocenters. The van der Waals surface area contributed by atoms with E-state index in [-0.39, 0.29) is 0 Å². The van der Waals surface area contributed by atoms with Crippen LogP contribution in [0.4, 0.5) is 0 Å². The monoisotopic (exact) mass is 291 g/mol. The van der Waals surface area contributed by atoms with Crippen molar-refractivity contribution in [2.75, 3.05) is 13.7 Å². The zero-order valence-electron chi connectivity index (χ0n) is 12.0. The lowest BCUT2D eigenvalue weighted by Crippen LogP contribution is -2.33. The van der Waals surface area contributed by atoms with Crippen molar-refractivity contribution in [3.05, 3.63) is 40.5 Å². The van der Waals surface area contributed by atoms with Crippen LogP contribution in [0.1, 0.15) is 23.8 Å². The maximum absolute atomic E-state index is 5.09. The number of ether oxygens (including phenoxy) is 1. The fourth-order valence-electron chi connectivity index (χ4n) is 2.09. The van der Waals surface area contributed by atoms with Crippen molar-refractivity contribution in [1.82, 2.24) is 15.3 Å². The Balaban J connectivity index is 1.98. The summed E-state index contributed by atoms with van der Waals surface area (Å²) in [6.45, 7) is 3.22. The van der Waals surface area contributed by atoms with Gasteiger partial charge in [0.1, 0.15) is 0 Å². The van der Waals surface area contributed by atoms with E-state index in [4.69, 9.17) is 4.74 Å². The van der Waals surface area contributed by atoms with Crippen LogP contribution in [0.15, 0.2) is 30.0 Å². The lowest BCUT2D eigenvalue weighted by molar-refractivity contribution is 0.397. The van der Waals surface area contributed by atoms with Crippen molar-refractivity contribution in [3.8, 4) is 5.88 Å². The quantitative estimate of drug-likeness (QED) is 0.812. The van der Waals surface area contributed by atoms with Gasteiger partial charge < -0.3 is 10.1 Å². The topological polar surface area (TPSA) is 47.0 Å². The number of pyridine rings is 1. The summed E-state index contributed by atoms with van der Waals surface area (Å²) in [5.74, 6) is 0.661. The van der Waals surface area contributed by atoms with Gasteiger partial charge in [-0.25, -0.2) is 4.98 Å². The number of nitrogens with zero attached hydrogens (tertiary/aromatic N) is 2. The summed E-state index contributed by atoms with van der Waals surface area (Å²) >= 11 is 1.71. The molecule has 5 heteroatoms. The number of hydrogen-bond acceptors (Lipinski definition) is 5. The van der Waals surface area contributed by atoms with Crippen molar-refractivity contribution in [2.24, 2.45) is 0 Å². The molecule has 108 valence electrons. The lowest BCUT2D eigenvalue weighted by atomic mass is 10.0. The molecule has 0 aliphatic heterocycles. The summed E-state index contributed by atoms with van der Waals surface area (Å²) < 4.78 is 5.09. The summed E-state index contributed by atoms with van der Waals surface area (Å²) in [5, 5.41) is 3.60. The van der Waals surface area contributed by atoms with Crippen LogP contribution in [0.25, 0.3) is 0 Å². The standard InChI is InChI=1S/C15H21N3OS/c1-3-6-17-13(8-14-10-16-11-20-14)7-12-4-5-15(19-2)18-9-12/h4-5,9-11,13,17H,3,6-8H2,1-2H3. The van der Waals surface area contributed by atoms with Gasteiger partial charge in [-0.2, -0.15) is 0 Å². The third-order valence-corrected chi connectivity index (χ3v) is 3.90. The van der Waals surface area contributed by atoms with Gasteiger partial charge in [-0.1, -0.05) is 13.0 Å². The fraction of sp³-hybridized carbons (Fsp3) is 0.467. The number of nitrogens with one attached hydrogen (secondary N) is 1. The number of methoxy groups -OCH3 is 1. The summed E-state index contributed by atoms with van der Waals surface area (Å²) in [7, 11) is 1.64. The molecular weight excluding hydrogens is 270 g/mol. The smallest absolute Gasteiger partial charge is 0.212 e. The molecular formula is C15H21N3OS. The first kappa shape index (κ1) is 14.9. The lowest BCUT2D eigenvalue weighted by Gasteiger charge is -2.17. The Bertz CT molecular complexity index is 484. The second kappa shape index (κ2) is 7.97. The van der Waals surface area contributed by atoms with Crippen molar-refractivity contribution in [1.29, 1.82) is 0 Å². The van der Waals surface area contributed by atoms with Gasteiger partial charge in [0.25, 0.3) is 0 Å². The molecule has 1 N–H and O–H groups in total. The van der Waals surface area contributed by atoms with Crippen LogP contribution >= 0.6 is 11.3 Å². The second-order valence-corrected chi connectivity index (χ2v) is 5.71. The fourth-order valence-corrected chi connectivity index (χ4v) is 2.76. The maximum Gasteiger partial charge on any atom is 0.212 e. The largest absolute Gasteiger partial charge is 0.481 e. The van der Waals surface area contributed by atoms with Crippen LogP contribution in [0.3, 0.4) is 0 Å². The van der Waals surface area contributed by atoms with E-state index in [1.54, 1.807) is 18.4 Å². The first-order valence-corrected chi connectivity index (χ1v) is 7.79. The molecule has 2 heterocycles. The van der Waals surface area contributed by atoms with Crippen LogP contribution in [-0.2, 0) is 12.8 Å². The average molecular weight is 291 g/mol. The van der Waals surface area contributed by atoms with Crippen molar-refractivity contribution < 1.29 is 4.74 Å². The highest BCUT2D eigenvalue weighted by atomic mass is 32.1. The minimum atomic E-state index is 0.422. The number of rotatable bonds is 8. The zero-order valence-corrected chi connectivity index (χ0v) is 12.8. The molecule has 0 amide bonds. The Morgan fingerprint density at radius 1 is 1.30 bits per heavy atom. The minimum absolute atomic E-state index is 0.422. The van der Waals surface area contributed by atoms with E-state index < -0.39 is 0 Å². The summed E-state index contributed by atoms with van der Waals surface area (Å²) in [6, 6.07) is 4.42. The second-order valence-electron chi connectivity index (χ2n) is 4.74. The van der Waals surface area contributed by atoms with Crippen LogP contribution in [0.5, 0.6) is 5.88 Å². The van der Waals surface area contributed by atoms with Crippen LogP contribution in [0, 0.1) is 0 Å². The molecule has 0 fully saturated rings. The molecule has 2 aromatic heterocycles. The van der Waals surface area contributed by atoms with Crippen LogP contribution in [0.2, 0.25) is 0 Å². The molecule has 0 spiro atoms. The Labute approximate surface area is 124 Å². The molecule has 2 aromatic rings. The normalized spacial score (nSPS) is 12.3. The molecule has 0 aliphatic carbocycles. The van der Waals surface area contributed by atoms with Crippen molar-refractivity contribution in [3.63, 3.8) is 0 Å². The predicted octanol–water partition coefficient (Wildman–Crippen LogP) is 2.70. The summed E-state index contributed by atoms with van der Waals surface area (Å²) in [4.78, 5) is 9.73. The van der Waals surface area contributed by atoms with E-state index in [9.17, 15) is 0 Å². The molecule has 0 aliphatic rings. The van der Waals surface area contributed by atoms with Crippen molar-refractivity contribution >= 4 is 11.3 Å². The zero-order chi connectivity index (χ0) is 14.2. The van der Waals surface area contributed by atoms with Gasteiger partial charge in [-0.05, 0) is 31.4 Å². The highest BCUT2D eigenvalue weighted by Crippen LogP contribution is 2.13. The molecule has 2 rings (SSSR count).